The third-order valence-electron chi connectivity index (χ3n) is 2.83. The van der Waals surface area contributed by atoms with Crippen LogP contribution in [0.1, 0.15) is 12.8 Å². The predicted molar refractivity (Wildman–Crippen MR) is 44.4 cm³/mol. The lowest BCUT2D eigenvalue weighted by molar-refractivity contribution is -0.156. The van der Waals surface area contributed by atoms with Gasteiger partial charge in [-0.15, -0.1) is 0 Å². The molecule has 1 amide bonds. The average Bonchev–Trinajstić information content (AvgIpc) is 2.02. The first-order valence-corrected chi connectivity index (χ1v) is 4.41. The second-order valence-electron chi connectivity index (χ2n) is 3.91. The Labute approximate surface area is 72.7 Å². The van der Waals surface area contributed by atoms with Gasteiger partial charge in [0.1, 0.15) is 0 Å². The molecule has 12 heavy (non-hydrogen) atoms. The number of hydrogen-bond donors (Lipinski definition) is 0. The van der Waals surface area contributed by atoms with Crippen molar-refractivity contribution in [1.29, 1.82) is 0 Å². The summed E-state index contributed by atoms with van der Waals surface area (Å²) in [6, 6.07) is 0. The van der Waals surface area contributed by atoms with Crippen LogP contribution in [0.5, 0.6) is 0 Å². The molecule has 67 valence electrons. The van der Waals surface area contributed by atoms with E-state index in [9.17, 15) is 4.79 Å². The van der Waals surface area contributed by atoms with Gasteiger partial charge in [-0.05, 0) is 12.8 Å². The zero-order valence-electron chi connectivity index (χ0n) is 7.21. The molecule has 2 aliphatic heterocycles. The maximum atomic E-state index is 11.0. The van der Waals surface area contributed by atoms with E-state index in [1.54, 1.807) is 0 Å². The van der Waals surface area contributed by atoms with Crippen molar-refractivity contribution in [2.75, 3.05) is 26.3 Å². The van der Waals surface area contributed by atoms with Crippen LogP contribution in [0.4, 0.5) is 0 Å². The Morgan fingerprint density at radius 3 is 2.75 bits per heavy atom. The highest BCUT2D eigenvalue weighted by molar-refractivity contribution is 5.80. The first-order valence-electron chi connectivity index (χ1n) is 4.41. The summed E-state index contributed by atoms with van der Waals surface area (Å²) in [6.07, 6.45) is 2.31. The Balaban J connectivity index is 1.98. The van der Waals surface area contributed by atoms with Gasteiger partial charge < -0.3 is 9.64 Å². The van der Waals surface area contributed by atoms with Crippen molar-refractivity contribution in [2.24, 2.45) is 5.41 Å². The van der Waals surface area contributed by atoms with E-state index >= 15 is 0 Å². The fourth-order valence-electron chi connectivity index (χ4n) is 2.05. The zero-order chi connectivity index (χ0) is 8.60. The minimum absolute atomic E-state index is 0.0408. The minimum atomic E-state index is -0.0408. The van der Waals surface area contributed by atoms with Crippen LogP contribution in [-0.2, 0) is 9.53 Å². The van der Waals surface area contributed by atoms with E-state index in [0.29, 0.717) is 5.41 Å². The normalized spacial score (nSPS) is 26.9. The monoisotopic (exact) mass is 168 g/mol. The van der Waals surface area contributed by atoms with E-state index in [-0.39, 0.29) is 5.91 Å². The number of likely N-dealkylation sites (tertiary alicyclic amines) is 1. The predicted octanol–water partition coefficient (Wildman–Crippen LogP) is 0.459. The second-order valence-corrected chi connectivity index (χ2v) is 3.91. The molecule has 2 aliphatic rings. The van der Waals surface area contributed by atoms with Crippen LogP contribution in [0.2, 0.25) is 0 Å². The smallest absolute Gasteiger partial charge is 0.223 e. The highest BCUT2D eigenvalue weighted by Gasteiger charge is 2.42. The van der Waals surface area contributed by atoms with E-state index in [4.69, 9.17) is 4.74 Å². The number of amides is 1. The molecule has 0 saturated carbocycles. The second kappa shape index (κ2) is 2.73. The van der Waals surface area contributed by atoms with Crippen molar-refractivity contribution in [3.63, 3.8) is 0 Å². The van der Waals surface area contributed by atoms with Gasteiger partial charge >= 0.3 is 0 Å². The third-order valence-corrected chi connectivity index (χ3v) is 2.83. The van der Waals surface area contributed by atoms with Crippen LogP contribution in [0.15, 0.2) is 0 Å². The number of nitrogens with zero attached hydrogens (tertiary/aromatic N) is 1. The summed E-state index contributed by atoms with van der Waals surface area (Å²) in [5.74, 6) is -0.0408. The quantitative estimate of drug-likeness (QED) is 0.526. The number of hydrogen-bond acceptors (Lipinski definition) is 2. The van der Waals surface area contributed by atoms with Crippen molar-refractivity contribution < 1.29 is 9.53 Å². The molecule has 2 saturated heterocycles. The Morgan fingerprint density at radius 1 is 1.50 bits per heavy atom. The van der Waals surface area contributed by atoms with Crippen LogP contribution < -0.4 is 0 Å². The molecule has 0 unspecified atom stereocenters. The van der Waals surface area contributed by atoms with Gasteiger partial charge in [0.15, 0.2) is 0 Å². The Hall–Kier alpha value is -0.570. The molecular formula is C9H14NO2. The number of rotatable bonds is 0. The largest absolute Gasteiger partial charge is 0.380 e. The van der Waals surface area contributed by atoms with Crippen LogP contribution in [0, 0.1) is 12.3 Å². The van der Waals surface area contributed by atoms with Gasteiger partial charge in [0.2, 0.25) is 5.91 Å². The van der Waals surface area contributed by atoms with Crippen LogP contribution in [0.3, 0.4) is 0 Å². The Bertz CT molecular complexity index is 199. The molecule has 2 fully saturated rings. The number of ether oxygens (including phenoxy) is 1. The van der Waals surface area contributed by atoms with E-state index in [0.717, 1.165) is 32.7 Å². The van der Waals surface area contributed by atoms with Crippen molar-refractivity contribution in [3.05, 3.63) is 6.92 Å². The van der Waals surface area contributed by atoms with Gasteiger partial charge in [0.05, 0.1) is 13.2 Å². The summed E-state index contributed by atoms with van der Waals surface area (Å²) in [5, 5.41) is 0. The summed E-state index contributed by atoms with van der Waals surface area (Å²) < 4.78 is 5.19. The van der Waals surface area contributed by atoms with Crippen LogP contribution >= 0.6 is 0 Å². The molecule has 0 aromatic heterocycles. The highest BCUT2D eigenvalue weighted by Crippen LogP contribution is 2.36. The fraction of sp³-hybridized carbons (Fsp3) is 0.778. The molecule has 3 heteroatoms. The molecule has 2 rings (SSSR count). The van der Waals surface area contributed by atoms with Crippen LogP contribution in [-0.4, -0.2) is 37.1 Å². The van der Waals surface area contributed by atoms with Crippen LogP contribution in [0.25, 0.3) is 0 Å². The molecule has 0 N–H and O–H groups in total. The maximum absolute atomic E-state index is 11.0. The minimum Gasteiger partial charge on any atom is -0.380 e. The average molecular weight is 168 g/mol. The number of piperidine rings is 1. The molecule has 0 bridgehead atoms. The number of carbonyl (C=O) groups excluding carboxylic acids is 1. The summed E-state index contributed by atoms with van der Waals surface area (Å²) >= 11 is 0. The third kappa shape index (κ3) is 1.22. The fourth-order valence-corrected chi connectivity index (χ4v) is 2.05. The summed E-state index contributed by atoms with van der Waals surface area (Å²) in [6.45, 7) is 6.83. The van der Waals surface area contributed by atoms with Crippen molar-refractivity contribution in [1.82, 2.24) is 4.90 Å². The molecule has 0 atom stereocenters. The Kier molecular flexibility index (Phi) is 1.83. The lowest BCUT2D eigenvalue weighted by Crippen LogP contribution is -2.55. The van der Waals surface area contributed by atoms with Gasteiger partial charge in [0.25, 0.3) is 0 Å². The molecule has 2 heterocycles. The molecule has 0 aliphatic carbocycles. The molecule has 0 aromatic rings. The van der Waals surface area contributed by atoms with E-state index in [2.05, 4.69) is 6.92 Å². The van der Waals surface area contributed by atoms with Crippen molar-refractivity contribution >= 4 is 5.91 Å². The van der Waals surface area contributed by atoms with Gasteiger partial charge in [-0.1, -0.05) is 0 Å². The highest BCUT2D eigenvalue weighted by atomic mass is 16.5. The van der Waals surface area contributed by atoms with E-state index in [1.807, 2.05) is 4.90 Å². The van der Waals surface area contributed by atoms with E-state index < -0.39 is 0 Å². The molecule has 3 nitrogen and oxygen atoms in total. The molecule has 1 spiro atoms. The summed E-state index contributed by atoms with van der Waals surface area (Å²) in [7, 11) is 0. The van der Waals surface area contributed by atoms with Crippen molar-refractivity contribution in [2.45, 2.75) is 12.8 Å². The standard InChI is InChI=1S/C9H14NO2/c1-8(11)10-4-2-3-9(5-10)6-12-7-9/h1-7H2. The maximum Gasteiger partial charge on any atom is 0.223 e. The SMILES string of the molecule is [CH2]C(=O)N1CCCC2(COC2)C1. The molecule has 1 radical (unpaired) electrons. The van der Waals surface area contributed by atoms with Gasteiger partial charge in [-0.3, -0.25) is 4.79 Å². The van der Waals surface area contributed by atoms with Gasteiger partial charge in [-0.25, -0.2) is 0 Å². The van der Waals surface area contributed by atoms with Crippen molar-refractivity contribution in [3.8, 4) is 0 Å². The van der Waals surface area contributed by atoms with Gasteiger partial charge in [-0.2, -0.15) is 0 Å². The number of carbonyl (C=O) groups is 1. The van der Waals surface area contributed by atoms with Gasteiger partial charge in [0, 0.05) is 25.4 Å². The first kappa shape index (κ1) is 8.05. The summed E-state index contributed by atoms with van der Waals surface area (Å²) in [4.78, 5) is 12.8. The topological polar surface area (TPSA) is 29.5 Å². The first-order chi connectivity index (χ1) is 5.72. The Morgan fingerprint density at radius 2 is 2.25 bits per heavy atom. The van der Waals surface area contributed by atoms with E-state index in [1.165, 1.54) is 6.42 Å². The lowest BCUT2D eigenvalue weighted by Gasteiger charge is -2.47. The molecule has 0 aromatic carbocycles. The summed E-state index contributed by atoms with van der Waals surface area (Å²) in [5.41, 5.74) is 0.297. The zero-order valence-corrected chi connectivity index (χ0v) is 7.21. The molecular weight excluding hydrogens is 154 g/mol. The lowest BCUT2D eigenvalue weighted by atomic mass is 9.78.